The molecule has 4 heteroatoms. The molecule has 0 aromatic carbocycles. The Kier molecular flexibility index (Phi) is 6.11. The van der Waals surface area contributed by atoms with Gasteiger partial charge in [-0.25, -0.2) is 4.79 Å². The number of rotatable bonds is 7. The van der Waals surface area contributed by atoms with Gasteiger partial charge in [0.25, 0.3) is 0 Å². The van der Waals surface area contributed by atoms with Crippen LogP contribution in [0.15, 0.2) is 11.6 Å². The molecule has 0 aromatic heterocycles. The molecule has 0 spiro atoms. The summed E-state index contributed by atoms with van der Waals surface area (Å²) in [6, 6.07) is 0. The number of aliphatic hydroxyl groups excluding tert-OH is 2. The Labute approximate surface area is 95.9 Å². The van der Waals surface area contributed by atoms with E-state index in [1.54, 1.807) is 6.08 Å². The molecule has 1 atom stereocenters. The predicted octanol–water partition coefficient (Wildman–Crippen LogP) is 1.16. The lowest BCUT2D eigenvalue weighted by Gasteiger charge is -2.04. The third kappa shape index (κ3) is 4.77. The van der Waals surface area contributed by atoms with E-state index in [0.717, 1.165) is 25.7 Å². The van der Waals surface area contributed by atoms with Crippen molar-refractivity contribution in [2.75, 3.05) is 13.2 Å². The van der Waals surface area contributed by atoms with Crippen LogP contribution in [0.3, 0.4) is 0 Å². The summed E-state index contributed by atoms with van der Waals surface area (Å²) in [5.41, 5.74) is 0.600. The van der Waals surface area contributed by atoms with E-state index in [1.807, 2.05) is 0 Å². The molecule has 0 aromatic rings. The standard InChI is InChI=1S/C12H20O4/c13-7-3-1-2-4-8-16-12(15)10-5-6-11(14)9-10/h9,11,13-14H,1-8H2. The minimum Gasteiger partial charge on any atom is -0.462 e. The molecular formula is C12H20O4. The van der Waals surface area contributed by atoms with Crippen LogP contribution >= 0.6 is 0 Å². The van der Waals surface area contributed by atoms with Gasteiger partial charge in [0.05, 0.1) is 12.7 Å². The van der Waals surface area contributed by atoms with Crippen LogP contribution in [-0.2, 0) is 9.53 Å². The maximum absolute atomic E-state index is 11.4. The lowest BCUT2D eigenvalue weighted by Crippen LogP contribution is -2.07. The Morgan fingerprint density at radius 2 is 2.12 bits per heavy atom. The van der Waals surface area contributed by atoms with Crippen LogP contribution in [0.5, 0.6) is 0 Å². The van der Waals surface area contributed by atoms with Gasteiger partial charge in [0.15, 0.2) is 0 Å². The van der Waals surface area contributed by atoms with Crippen molar-refractivity contribution in [3.63, 3.8) is 0 Å². The highest BCUT2D eigenvalue weighted by Gasteiger charge is 2.19. The van der Waals surface area contributed by atoms with Gasteiger partial charge in [0.2, 0.25) is 0 Å². The Hall–Kier alpha value is -0.870. The van der Waals surface area contributed by atoms with Crippen molar-refractivity contribution in [1.29, 1.82) is 0 Å². The minimum atomic E-state index is -0.480. The summed E-state index contributed by atoms with van der Waals surface area (Å²) >= 11 is 0. The summed E-state index contributed by atoms with van der Waals surface area (Å²) in [6.07, 6.45) is 5.92. The molecule has 1 aliphatic rings. The van der Waals surface area contributed by atoms with Crippen LogP contribution in [0.1, 0.15) is 38.5 Å². The molecule has 92 valence electrons. The minimum absolute atomic E-state index is 0.227. The van der Waals surface area contributed by atoms with Crippen molar-refractivity contribution in [1.82, 2.24) is 0 Å². The number of hydrogen-bond acceptors (Lipinski definition) is 4. The van der Waals surface area contributed by atoms with Crippen molar-refractivity contribution in [3.05, 3.63) is 11.6 Å². The Balaban J connectivity index is 2.05. The largest absolute Gasteiger partial charge is 0.462 e. The van der Waals surface area contributed by atoms with Gasteiger partial charge < -0.3 is 14.9 Å². The zero-order valence-electron chi connectivity index (χ0n) is 9.52. The average molecular weight is 228 g/mol. The summed E-state index contributed by atoms with van der Waals surface area (Å²) in [6.45, 7) is 0.655. The first-order valence-electron chi connectivity index (χ1n) is 5.91. The van der Waals surface area contributed by atoms with Crippen LogP contribution in [-0.4, -0.2) is 35.5 Å². The zero-order valence-corrected chi connectivity index (χ0v) is 9.52. The second-order valence-electron chi connectivity index (χ2n) is 4.07. The quantitative estimate of drug-likeness (QED) is 0.507. The van der Waals surface area contributed by atoms with E-state index in [1.165, 1.54) is 0 Å². The number of carbonyl (C=O) groups is 1. The van der Waals surface area contributed by atoms with Gasteiger partial charge in [-0.1, -0.05) is 6.42 Å². The second-order valence-corrected chi connectivity index (χ2v) is 4.07. The molecule has 1 unspecified atom stereocenters. The molecule has 0 aliphatic heterocycles. The maximum Gasteiger partial charge on any atom is 0.333 e. The summed E-state index contributed by atoms with van der Waals surface area (Å²) in [7, 11) is 0. The highest BCUT2D eigenvalue weighted by molar-refractivity contribution is 5.89. The van der Waals surface area contributed by atoms with Gasteiger partial charge in [-0.3, -0.25) is 0 Å². The van der Waals surface area contributed by atoms with Crippen LogP contribution < -0.4 is 0 Å². The lowest BCUT2D eigenvalue weighted by atomic mass is 10.2. The molecule has 0 saturated carbocycles. The van der Waals surface area contributed by atoms with Crippen molar-refractivity contribution in [2.45, 2.75) is 44.6 Å². The smallest absolute Gasteiger partial charge is 0.333 e. The summed E-state index contributed by atoms with van der Waals surface area (Å²) in [5, 5.41) is 17.8. The molecule has 16 heavy (non-hydrogen) atoms. The fraction of sp³-hybridized carbons (Fsp3) is 0.750. The third-order valence-electron chi connectivity index (χ3n) is 2.65. The van der Waals surface area contributed by atoms with Gasteiger partial charge in [-0.15, -0.1) is 0 Å². The van der Waals surface area contributed by atoms with Crippen molar-refractivity contribution in [2.24, 2.45) is 0 Å². The van der Waals surface area contributed by atoms with Crippen LogP contribution in [0, 0.1) is 0 Å². The highest BCUT2D eigenvalue weighted by Crippen LogP contribution is 2.19. The number of aliphatic hydroxyl groups is 2. The van der Waals surface area contributed by atoms with E-state index in [9.17, 15) is 9.90 Å². The summed E-state index contributed by atoms with van der Waals surface area (Å²) < 4.78 is 5.07. The Bertz CT molecular complexity index is 247. The fourth-order valence-corrected chi connectivity index (χ4v) is 1.70. The number of carbonyl (C=O) groups excluding carboxylic acids is 1. The molecule has 1 rings (SSSR count). The summed E-state index contributed by atoms with van der Waals surface area (Å²) in [4.78, 5) is 11.4. The fourth-order valence-electron chi connectivity index (χ4n) is 1.70. The summed E-state index contributed by atoms with van der Waals surface area (Å²) in [5.74, 6) is -0.293. The Morgan fingerprint density at radius 1 is 1.38 bits per heavy atom. The van der Waals surface area contributed by atoms with Gasteiger partial charge in [0.1, 0.15) is 0 Å². The van der Waals surface area contributed by atoms with E-state index >= 15 is 0 Å². The van der Waals surface area contributed by atoms with E-state index in [-0.39, 0.29) is 12.6 Å². The number of hydrogen-bond donors (Lipinski definition) is 2. The molecule has 0 radical (unpaired) electrons. The van der Waals surface area contributed by atoms with Gasteiger partial charge >= 0.3 is 5.97 Å². The SMILES string of the molecule is O=C(OCCCCCCO)C1=CC(O)CC1. The van der Waals surface area contributed by atoms with Gasteiger partial charge in [0, 0.05) is 12.2 Å². The molecule has 0 fully saturated rings. The predicted molar refractivity (Wildman–Crippen MR) is 59.8 cm³/mol. The average Bonchev–Trinajstić information content (AvgIpc) is 2.70. The molecular weight excluding hydrogens is 208 g/mol. The molecule has 4 nitrogen and oxygen atoms in total. The molecule has 1 aliphatic carbocycles. The van der Waals surface area contributed by atoms with E-state index in [0.29, 0.717) is 25.0 Å². The topological polar surface area (TPSA) is 66.8 Å². The molecule has 0 heterocycles. The number of unbranched alkanes of at least 4 members (excludes halogenated alkanes) is 3. The molecule has 2 N–H and O–H groups in total. The van der Waals surface area contributed by atoms with Crippen molar-refractivity contribution < 1.29 is 19.7 Å². The van der Waals surface area contributed by atoms with Crippen LogP contribution in [0.2, 0.25) is 0 Å². The molecule has 0 amide bonds. The van der Waals surface area contributed by atoms with E-state index in [4.69, 9.17) is 9.84 Å². The highest BCUT2D eigenvalue weighted by atomic mass is 16.5. The van der Waals surface area contributed by atoms with Gasteiger partial charge in [-0.2, -0.15) is 0 Å². The number of esters is 1. The molecule has 0 bridgehead atoms. The van der Waals surface area contributed by atoms with Crippen molar-refractivity contribution >= 4 is 5.97 Å². The van der Waals surface area contributed by atoms with Crippen LogP contribution in [0.4, 0.5) is 0 Å². The first-order chi connectivity index (χ1) is 7.74. The first-order valence-corrected chi connectivity index (χ1v) is 5.91. The van der Waals surface area contributed by atoms with E-state index in [2.05, 4.69) is 0 Å². The second kappa shape index (κ2) is 7.41. The third-order valence-corrected chi connectivity index (χ3v) is 2.65. The maximum atomic E-state index is 11.4. The van der Waals surface area contributed by atoms with E-state index < -0.39 is 6.10 Å². The van der Waals surface area contributed by atoms with Gasteiger partial charge in [-0.05, 0) is 38.2 Å². The zero-order chi connectivity index (χ0) is 11.8. The monoisotopic (exact) mass is 228 g/mol. The van der Waals surface area contributed by atoms with Crippen LogP contribution in [0.25, 0.3) is 0 Å². The Morgan fingerprint density at radius 3 is 2.75 bits per heavy atom. The normalized spacial score (nSPS) is 19.6. The lowest BCUT2D eigenvalue weighted by molar-refractivity contribution is -0.139. The first kappa shape index (κ1) is 13.2. The number of ether oxygens (including phenoxy) is 1. The van der Waals surface area contributed by atoms with Crippen molar-refractivity contribution in [3.8, 4) is 0 Å². The molecule has 0 saturated heterocycles.